The number of halogens is 1. The van der Waals surface area contributed by atoms with Crippen molar-refractivity contribution in [2.75, 3.05) is 12.3 Å². The van der Waals surface area contributed by atoms with Gasteiger partial charge in [-0.15, -0.1) is 0 Å². The van der Waals surface area contributed by atoms with Crippen LogP contribution < -0.4 is 11.4 Å². The Morgan fingerprint density at radius 2 is 1.73 bits per heavy atom. The van der Waals surface area contributed by atoms with Gasteiger partial charge in [0.2, 0.25) is 0 Å². The summed E-state index contributed by atoms with van der Waals surface area (Å²) < 4.78 is 63.7. The van der Waals surface area contributed by atoms with Crippen molar-refractivity contribution in [2.45, 2.75) is 24.5 Å². The standard InChI is InChI=1S/C9H15FN3O14P3/c10-3-1-13(9(16)12-7(3)11)8-6(15)5(14)4(25-8)2-24-29(20,21)27-30(22,23)26-28(17,18)19/h1,4-6,8,14-15H,2H2,(H,20,21)(H,22,23)(H2,11,12,16)(H2,17,18,19)/t4-,5?,6+,8-/m1/s1. The maximum absolute atomic E-state index is 13.5. The minimum absolute atomic E-state index is 0.435. The number of phosphoric acid groups is 3. The molecule has 3 unspecified atom stereocenters. The van der Waals surface area contributed by atoms with Crippen LogP contribution in [-0.2, 0) is 31.6 Å². The van der Waals surface area contributed by atoms with Gasteiger partial charge in [-0.1, -0.05) is 0 Å². The highest BCUT2D eigenvalue weighted by Crippen LogP contribution is 2.66. The topological polar surface area (TPSA) is 270 Å². The third-order valence-corrected chi connectivity index (χ3v) is 7.17. The van der Waals surface area contributed by atoms with E-state index < -0.39 is 71.9 Å². The summed E-state index contributed by atoms with van der Waals surface area (Å²) in [5, 5.41) is 19.9. The minimum atomic E-state index is -5.76. The molecule has 172 valence electrons. The molecule has 0 radical (unpaired) electrons. The van der Waals surface area contributed by atoms with Crippen molar-refractivity contribution < 1.29 is 65.8 Å². The molecule has 30 heavy (non-hydrogen) atoms. The number of ether oxygens (including phenoxy) is 1. The van der Waals surface area contributed by atoms with Gasteiger partial charge in [-0.25, -0.2) is 22.9 Å². The smallest absolute Gasteiger partial charge is 0.387 e. The van der Waals surface area contributed by atoms with Gasteiger partial charge in [-0.3, -0.25) is 9.09 Å². The number of aliphatic hydroxyl groups is 2. The third kappa shape index (κ3) is 6.45. The van der Waals surface area contributed by atoms with E-state index in [1.807, 2.05) is 0 Å². The van der Waals surface area contributed by atoms with Crippen LogP contribution in [0.15, 0.2) is 11.0 Å². The molecule has 1 aromatic rings. The molecule has 8 N–H and O–H groups in total. The van der Waals surface area contributed by atoms with Crippen LogP contribution in [0, 0.1) is 5.82 Å². The molecule has 0 spiro atoms. The lowest BCUT2D eigenvalue weighted by Crippen LogP contribution is -2.36. The lowest BCUT2D eigenvalue weighted by molar-refractivity contribution is -0.0545. The maximum atomic E-state index is 13.5. The molecule has 0 amide bonds. The van der Waals surface area contributed by atoms with E-state index in [1.54, 1.807) is 0 Å². The Kier molecular flexibility index (Phi) is 7.38. The molecule has 0 bridgehead atoms. The second kappa shape index (κ2) is 8.80. The van der Waals surface area contributed by atoms with Gasteiger partial charge >= 0.3 is 29.2 Å². The number of aromatic nitrogens is 2. The van der Waals surface area contributed by atoms with Gasteiger partial charge < -0.3 is 40.3 Å². The Morgan fingerprint density at radius 1 is 1.13 bits per heavy atom. The largest absolute Gasteiger partial charge is 0.490 e. The van der Waals surface area contributed by atoms with E-state index in [9.17, 15) is 38.0 Å². The second-order valence-corrected chi connectivity index (χ2v) is 10.0. The van der Waals surface area contributed by atoms with Gasteiger partial charge in [0.15, 0.2) is 17.9 Å². The first kappa shape index (κ1) is 25.2. The third-order valence-electron chi connectivity index (χ3n) is 3.36. The Bertz CT molecular complexity index is 997. The highest BCUT2D eigenvalue weighted by atomic mass is 31.3. The number of nitrogens with zero attached hydrogens (tertiary/aromatic N) is 2. The number of phosphoric ester groups is 1. The molecule has 0 aromatic carbocycles. The summed E-state index contributed by atoms with van der Waals surface area (Å²) in [4.78, 5) is 50.2. The molecule has 1 aromatic heterocycles. The van der Waals surface area contributed by atoms with E-state index in [2.05, 4.69) is 18.1 Å². The quantitative estimate of drug-likeness (QED) is 0.188. The predicted molar refractivity (Wildman–Crippen MR) is 88.6 cm³/mol. The fourth-order valence-corrected chi connectivity index (χ4v) is 5.24. The summed E-state index contributed by atoms with van der Waals surface area (Å²) in [6.45, 7) is -1.11. The van der Waals surface area contributed by atoms with E-state index >= 15 is 0 Å². The lowest BCUT2D eigenvalue weighted by atomic mass is 10.1. The van der Waals surface area contributed by atoms with Crippen LogP contribution in [0.25, 0.3) is 0 Å². The van der Waals surface area contributed by atoms with Crippen LogP contribution in [0.2, 0.25) is 0 Å². The molecular weight excluding hydrogens is 486 g/mol. The Balaban J connectivity index is 2.09. The summed E-state index contributed by atoms with van der Waals surface area (Å²) >= 11 is 0. The molecule has 1 aliphatic rings. The van der Waals surface area contributed by atoms with E-state index in [-0.39, 0.29) is 0 Å². The van der Waals surface area contributed by atoms with Crippen molar-refractivity contribution in [1.82, 2.24) is 9.55 Å². The Hall–Kier alpha value is -1.10. The van der Waals surface area contributed by atoms with E-state index in [0.717, 1.165) is 0 Å². The fourth-order valence-electron chi connectivity index (χ4n) is 2.21. The lowest BCUT2D eigenvalue weighted by Gasteiger charge is -2.19. The number of anilines is 1. The van der Waals surface area contributed by atoms with Gasteiger partial charge in [-0.05, 0) is 0 Å². The maximum Gasteiger partial charge on any atom is 0.490 e. The summed E-state index contributed by atoms with van der Waals surface area (Å²) in [7, 11) is -16.9. The molecule has 21 heteroatoms. The molecule has 1 fully saturated rings. The average Bonchev–Trinajstić information content (AvgIpc) is 2.81. The zero-order valence-corrected chi connectivity index (χ0v) is 16.9. The van der Waals surface area contributed by atoms with Crippen molar-refractivity contribution in [2.24, 2.45) is 0 Å². The zero-order chi connectivity index (χ0) is 23.1. The van der Waals surface area contributed by atoms with Crippen LogP contribution in [0.3, 0.4) is 0 Å². The zero-order valence-electron chi connectivity index (χ0n) is 14.2. The van der Waals surface area contributed by atoms with Crippen molar-refractivity contribution in [3.63, 3.8) is 0 Å². The Labute approximate surface area is 164 Å². The first-order valence-corrected chi connectivity index (χ1v) is 11.9. The normalized spacial score (nSPS) is 28.8. The highest BCUT2D eigenvalue weighted by Gasteiger charge is 2.47. The number of aliphatic hydroxyl groups excluding tert-OH is 2. The van der Waals surface area contributed by atoms with Crippen LogP contribution in [0.1, 0.15) is 6.23 Å². The molecule has 2 heterocycles. The molecular formula is C9H15FN3O14P3. The predicted octanol–water partition coefficient (Wildman–Crippen LogP) is -2.07. The minimum Gasteiger partial charge on any atom is -0.387 e. The Morgan fingerprint density at radius 3 is 2.30 bits per heavy atom. The molecule has 0 saturated carbocycles. The SMILES string of the molecule is Nc1nc(=O)n([C@@H]2O[C@H](COP(=O)(O)OP(=O)(O)OP(=O)(O)O)C(O)[C@@H]2O)cc1F. The van der Waals surface area contributed by atoms with Gasteiger partial charge in [0.05, 0.1) is 12.8 Å². The molecule has 2 rings (SSSR count). The summed E-state index contributed by atoms with van der Waals surface area (Å²) in [6, 6.07) is 0. The second-order valence-electron chi connectivity index (χ2n) is 5.60. The molecule has 1 aliphatic heterocycles. The van der Waals surface area contributed by atoms with Gasteiger partial charge in [0, 0.05) is 0 Å². The summed E-state index contributed by atoms with van der Waals surface area (Å²) in [5.41, 5.74) is 3.95. The van der Waals surface area contributed by atoms with Gasteiger partial charge in [0.1, 0.15) is 18.3 Å². The van der Waals surface area contributed by atoms with Crippen LogP contribution in [-0.4, -0.2) is 64.3 Å². The first-order valence-electron chi connectivity index (χ1n) is 7.35. The van der Waals surface area contributed by atoms with Crippen molar-refractivity contribution >= 4 is 29.3 Å². The number of hydrogen-bond donors (Lipinski definition) is 7. The van der Waals surface area contributed by atoms with Gasteiger partial charge in [0.25, 0.3) is 0 Å². The van der Waals surface area contributed by atoms with Crippen molar-refractivity contribution in [3.8, 4) is 0 Å². The van der Waals surface area contributed by atoms with E-state index in [0.29, 0.717) is 10.8 Å². The number of nitrogens with two attached hydrogens (primary N) is 1. The van der Waals surface area contributed by atoms with Crippen LogP contribution >= 0.6 is 23.5 Å². The van der Waals surface area contributed by atoms with Crippen molar-refractivity contribution in [3.05, 3.63) is 22.5 Å². The van der Waals surface area contributed by atoms with Crippen LogP contribution in [0.5, 0.6) is 0 Å². The highest BCUT2D eigenvalue weighted by molar-refractivity contribution is 7.66. The van der Waals surface area contributed by atoms with Crippen molar-refractivity contribution in [1.29, 1.82) is 0 Å². The molecule has 0 aliphatic carbocycles. The van der Waals surface area contributed by atoms with E-state index in [1.165, 1.54) is 0 Å². The van der Waals surface area contributed by atoms with E-state index in [4.69, 9.17) is 25.2 Å². The van der Waals surface area contributed by atoms with Crippen LogP contribution in [0.4, 0.5) is 10.2 Å². The summed E-state index contributed by atoms with van der Waals surface area (Å²) in [5.74, 6) is -1.90. The van der Waals surface area contributed by atoms with Gasteiger partial charge in [-0.2, -0.15) is 13.6 Å². The number of rotatable bonds is 8. The molecule has 17 nitrogen and oxygen atoms in total. The monoisotopic (exact) mass is 501 g/mol. The number of hydrogen-bond acceptors (Lipinski definition) is 12. The average molecular weight is 501 g/mol. The summed E-state index contributed by atoms with van der Waals surface area (Å²) in [6.07, 6.45) is -6.64. The molecule has 1 saturated heterocycles. The fraction of sp³-hybridized carbons (Fsp3) is 0.556. The number of nitrogen functional groups attached to an aromatic ring is 1. The molecule has 6 atom stereocenters. The first-order chi connectivity index (χ1) is 13.5.